The first kappa shape index (κ1) is 11.7. The molecule has 2 atom stereocenters. The molecule has 4 rings (SSSR count). The lowest BCUT2D eigenvalue weighted by molar-refractivity contribution is 0.500. The van der Waals surface area contributed by atoms with Crippen molar-refractivity contribution < 1.29 is 0 Å². The minimum Gasteiger partial charge on any atom is -0.370 e. The fraction of sp³-hybridized carbons (Fsp3) is 0.412. The van der Waals surface area contributed by atoms with Crippen molar-refractivity contribution in [3.8, 4) is 6.07 Å². The van der Waals surface area contributed by atoms with Crippen LogP contribution in [0.15, 0.2) is 30.3 Å². The van der Waals surface area contributed by atoms with Crippen molar-refractivity contribution in [2.24, 2.45) is 17.3 Å². The zero-order chi connectivity index (χ0) is 13.9. The van der Waals surface area contributed by atoms with E-state index in [1.54, 1.807) is 0 Å². The van der Waals surface area contributed by atoms with Gasteiger partial charge in [0, 0.05) is 24.2 Å². The number of piperidine rings is 1. The van der Waals surface area contributed by atoms with E-state index in [1.807, 2.05) is 24.3 Å². The number of pyridine rings is 1. The Labute approximate surface area is 118 Å². The average molecular weight is 263 g/mol. The highest BCUT2D eigenvalue weighted by molar-refractivity contribution is 5.92. The third-order valence-corrected chi connectivity index (χ3v) is 5.27. The van der Waals surface area contributed by atoms with Gasteiger partial charge in [0.2, 0.25) is 0 Å². The number of hydrogen-bond acceptors (Lipinski definition) is 3. The quantitative estimate of drug-likeness (QED) is 0.793. The molecule has 1 aromatic heterocycles. The first-order valence-electron chi connectivity index (χ1n) is 7.16. The lowest BCUT2D eigenvalue weighted by Gasteiger charge is -2.25. The molecule has 1 aliphatic carbocycles. The molecule has 2 aromatic rings. The van der Waals surface area contributed by atoms with E-state index < -0.39 is 0 Å². The van der Waals surface area contributed by atoms with Crippen LogP contribution in [-0.2, 0) is 0 Å². The molecule has 1 saturated heterocycles. The Hall–Kier alpha value is -2.08. The van der Waals surface area contributed by atoms with Gasteiger partial charge in [0.1, 0.15) is 11.8 Å². The van der Waals surface area contributed by atoms with Crippen LogP contribution in [0.4, 0.5) is 5.69 Å². The topological polar surface area (TPSA) is 39.9 Å². The Kier molecular flexibility index (Phi) is 2.18. The third kappa shape index (κ3) is 1.48. The number of fused-ring (bicyclic) bond motifs is 2. The van der Waals surface area contributed by atoms with Crippen molar-refractivity contribution in [2.45, 2.75) is 13.8 Å². The molecule has 0 bridgehead atoms. The second kappa shape index (κ2) is 3.73. The van der Waals surface area contributed by atoms with Gasteiger partial charge in [-0.25, -0.2) is 4.98 Å². The second-order valence-corrected chi connectivity index (χ2v) is 6.59. The summed E-state index contributed by atoms with van der Waals surface area (Å²) in [6.07, 6.45) is 0. The summed E-state index contributed by atoms with van der Waals surface area (Å²) in [5, 5.41) is 10.3. The van der Waals surface area contributed by atoms with Gasteiger partial charge >= 0.3 is 0 Å². The minimum atomic E-state index is 0.511. The Morgan fingerprint density at radius 3 is 2.65 bits per heavy atom. The van der Waals surface area contributed by atoms with Crippen molar-refractivity contribution >= 4 is 16.6 Å². The molecule has 2 aliphatic rings. The highest BCUT2D eigenvalue weighted by Crippen LogP contribution is 2.62. The van der Waals surface area contributed by atoms with Crippen LogP contribution in [-0.4, -0.2) is 18.1 Å². The van der Waals surface area contributed by atoms with Crippen LogP contribution >= 0.6 is 0 Å². The highest BCUT2D eigenvalue weighted by Gasteiger charge is 2.62. The van der Waals surface area contributed by atoms with Crippen molar-refractivity contribution in [2.75, 3.05) is 18.0 Å². The second-order valence-electron chi connectivity index (χ2n) is 6.59. The Balaban J connectivity index is 1.79. The maximum Gasteiger partial charge on any atom is 0.143 e. The molecule has 100 valence electrons. The number of hydrogen-bond donors (Lipinski definition) is 0. The molecule has 0 N–H and O–H groups in total. The van der Waals surface area contributed by atoms with Gasteiger partial charge in [-0.15, -0.1) is 0 Å². The zero-order valence-corrected chi connectivity index (χ0v) is 11.8. The smallest absolute Gasteiger partial charge is 0.143 e. The fourth-order valence-electron chi connectivity index (χ4n) is 3.80. The molecule has 2 fully saturated rings. The van der Waals surface area contributed by atoms with Gasteiger partial charge < -0.3 is 4.90 Å². The van der Waals surface area contributed by atoms with Crippen molar-refractivity contribution in [3.63, 3.8) is 0 Å². The van der Waals surface area contributed by atoms with Crippen LogP contribution in [0.2, 0.25) is 0 Å². The molecule has 2 heterocycles. The van der Waals surface area contributed by atoms with Gasteiger partial charge in [-0.3, -0.25) is 0 Å². The van der Waals surface area contributed by atoms with Crippen LogP contribution in [0.25, 0.3) is 10.9 Å². The van der Waals surface area contributed by atoms with Gasteiger partial charge in [0.05, 0.1) is 5.52 Å². The van der Waals surface area contributed by atoms with E-state index in [0.717, 1.165) is 35.8 Å². The van der Waals surface area contributed by atoms with Crippen LogP contribution in [0.1, 0.15) is 19.5 Å². The van der Waals surface area contributed by atoms with Gasteiger partial charge in [-0.05, 0) is 29.4 Å². The molecular weight excluding hydrogens is 246 g/mol. The number of para-hydroxylation sites is 1. The van der Waals surface area contributed by atoms with Gasteiger partial charge in [-0.1, -0.05) is 32.0 Å². The summed E-state index contributed by atoms with van der Waals surface area (Å²) in [6, 6.07) is 12.2. The summed E-state index contributed by atoms with van der Waals surface area (Å²) in [4.78, 5) is 6.83. The maximum atomic E-state index is 9.18. The first-order valence-corrected chi connectivity index (χ1v) is 7.16. The number of benzene rings is 1. The normalized spacial score (nSPS) is 26.4. The summed E-state index contributed by atoms with van der Waals surface area (Å²) in [5.41, 5.74) is 3.12. The predicted octanol–water partition coefficient (Wildman–Crippen LogP) is 3.20. The number of aromatic nitrogens is 1. The Morgan fingerprint density at radius 1 is 1.25 bits per heavy atom. The third-order valence-electron chi connectivity index (χ3n) is 5.27. The number of anilines is 1. The van der Waals surface area contributed by atoms with Crippen molar-refractivity contribution in [1.29, 1.82) is 5.26 Å². The Morgan fingerprint density at radius 2 is 1.95 bits per heavy atom. The molecule has 20 heavy (non-hydrogen) atoms. The van der Waals surface area contributed by atoms with Crippen LogP contribution in [0.3, 0.4) is 0 Å². The predicted molar refractivity (Wildman–Crippen MR) is 79.4 cm³/mol. The van der Waals surface area contributed by atoms with E-state index in [9.17, 15) is 5.26 Å². The number of nitriles is 1. The van der Waals surface area contributed by atoms with Crippen LogP contribution in [0.5, 0.6) is 0 Å². The first-order chi connectivity index (χ1) is 9.61. The highest BCUT2D eigenvalue weighted by atomic mass is 15.2. The average Bonchev–Trinajstić information content (AvgIpc) is 2.83. The lowest BCUT2D eigenvalue weighted by atomic mass is 10.1. The molecule has 1 saturated carbocycles. The van der Waals surface area contributed by atoms with Crippen molar-refractivity contribution in [1.82, 2.24) is 4.98 Å². The summed E-state index contributed by atoms with van der Waals surface area (Å²) in [6.45, 7) is 6.95. The fourth-order valence-corrected chi connectivity index (χ4v) is 3.80. The molecule has 1 aromatic carbocycles. The van der Waals surface area contributed by atoms with Gasteiger partial charge in [0.25, 0.3) is 0 Å². The SMILES string of the molecule is CC1(C)C2CN(c3cc(C#N)nc4ccccc34)CC21. The molecule has 0 radical (unpaired) electrons. The maximum absolute atomic E-state index is 9.18. The molecule has 1 aliphatic heterocycles. The zero-order valence-electron chi connectivity index (χ0n) is 11.8. The van der Waals surface area contributed by atoms with Gasteiger partial charge in [0.15, 0.2) is 0 Å². The largest absolute Gasteiger partial charge is 0.370 e. The van der Waals surface area contributed by atoms with E-state index in [2.05, 4.69) is 35.9 Å². The number of nitrogens with zero attached hydrogens (tertiary/aromatic N) is 3. The molecular formula is C17H17N3. The standard InChI is InChI=1S/C17H17N3/c1-17(2)13-9-20(10-14(13)17)16-7-11(8-18)19-15-6-4-3-5-12(15)16/h3-7,13-14H,9-10H2,1-2H3. The van der Waals surface area contributed by atoms with Crippen LogP contribution in [0, 0.1) is 28.6 Å². The summed E-state index contributed by atoms with van der Waals surface area (Å²) < 4.78 is 0. The minimum absolute atomic E-state index is 0.511. The monoisotopic (exact) mass is 263 g/mol. The summed E-state index contributed by atoms with van der Waals surface area (Å²) >= 11 is 0. The lowest BCUT2D eigenvalue weighted by Crippen LogP contribution is -2.26. The molecule has 0 amide bonds. The number of rotatable bonds is 1. The molecule has 2 unspecified atom stereocenters. The molecule has 0 spiro atoms. The van der Waals surface area contributed by atoms with E-state index in [0.29, 0.717) is 11.1 Å². The molecule has 3 nitrogen and oxygen atoms in total. The van der Waals surface area contributed by atoms with E-state index in [1.165, 1.54) is 5.69 Å². The summed E-state index contributed by atoms with van der Waals surface area (Å²) in [7, 11) is 0. The van der Waals surface area contributed by atoms with E-state index >= 15 is 0 Å². The van der Waals surface area contributed by atoms with Crippen LogP contribution < -0.4 is 4.90 Å². The van der Waals surface area contributed by atoms with E-state index in [-0.39, 0.29) is 0 Å². The van der Waals surface area contributed by atoms with Gasteiger partial charge in [-0.2, -0.15) is 5.26 Å². The van der Waals surface area contributed by atoms with E-state index in [4.69, 9.17) is 0 Å². The molecule has 3 heteroatoms. The Bertz CT molecular complexity index is 727. The summed E-state index contributed by atoms with van der Waals surface area (Å²) in [5.74, 6) is 1.61. The van der Waals surface area contributed by atoms with Crippen molar-refractivity contribution in [3.05, 3.63) is 36.0 Å².